The number of aliphatic carboxylic acids is 1. The molecule has 1 unspecified atom stereocenters. The molecule has 0 radical (unpaired) electrons. The summed E-state index contributed by atoms with van der Waals surface area (Å²) < 4.78 is 9.80. The Hall–Kier alpha value is -3.86. The minimum absolute atomic E-state index is 0.168. The average Bonchev–Trinajstić information content (AvgIpc) is 3.96. The van der Waals surface area contributed by atoms with Gasteiger partial charge in [0.15, 0.2) is 0 Å². The van der Waals surface area contributed by atoms with Gasteiger partial charge >= 0.3 is 6.09 Å². The van der Waals surface area contributed by atoms with E-state index in [4.69, 9.17) is 37.9 Å². The summed E-state index contributed by atoms with van der Waals surface area (Å²) in [5.74, 6) is 0.537. The maximum atomic E-state index is 13.3. The molecule has 3 aliphatic carbocycles. The van der Waals surface area contributed by atoms with Gasteiger partial charge in [0.05, 0.1) is 23.4 Å². The number of hydrogen-bond acceptors (Lipinski definition) is 8. The molecule has 422 valence electrons. The molecule has 0 spiro atoms. The van der Waals surface area contributed by atoms with Gasteiger partial charge in [0.1, 0.15) is 5.60 Å². The number of nitrogens with one attached hydrogen (secondary N) is 1. The van der Waals surface area contributed by atoms with Crippen molar-refractivity contribution in [3.8, 4) is 0 Å². The molecule has 5 aromatic rings. The van der Waals surface area contributed by atoms with Crippen molar-refractivity contribution >= 4 is 111 Å². The molecule has 3 fully saturated rings. The molecule has 2 saturated heterocycles. The first-order valence-corrected chi connectivity index (χ1v) is 31.7. The second-order valence-corrected chi connectivity index (χ2v) is 27.2. The average molecular weight is 1370 g/mol. The summed E-state index contributed by atoms with van der Waals surface area (Å²) >= 11 is 27.7. The van der Waals surface area contributed by atoms with Crippen molar-refractivity contribution in [3.63, 3.8) is 0 Å². The number of nitrogens with zero attached hydrogens (tertiary/aromatic N) is 4. The zero-order valence-electron chi connectivity index (χ0n) is 45.4. The number of fused-ring (bicyclic) bond motifs is 4. The van der Waals surface area contributed by atoms with Gasteiger partial charge in [-0.1, -0.05) is 105 Å². The highest BCUT2D eigenvalue weighted by Gasteiger charge is 2.38. The molecule has 11 nitrogen and oxygen atoms in total. The highest BCUT2D eigenvalue weighted by atomic mass is 79.9. The highest BCUT2D eigenvalue weighted by Crippen LogP contribution is 2.49. The first-order valence-electron chi connectivity index (χ1n) is 27.7. The van der Waals surface area contributed by atoms with Gasteiger partial charge in [-0.15, -0.1) is 0 Å². The SMILES string of the molecule is CC(=O)NC(Cc1ccccc1)C(=O)[O-].CC(C)(C)OC(=O)N1CCC(CC(=O)N2CCC([C@H]3c4ncc(Br)cc4CCc4cc(Cl)cc(Br)c43)CC2)CC1.Clc1cc(Br)c2c(c1)CCc1cc(Br)cnc1[C@@H]2C1CCCCC1. The normalized spacial score (nSPS) is 19.0. The molecular weight excluding hydrogens is 1300 g/mol. The Labute approximate surface area is 509 Å². The van der Waals surface area contributed by atoms with Gasteiger partial charge in [-0.05, 0) is 216 Å². The Morgan fingerprint density at radius 2 is 1.15 bits per heavy atom. The minimum Gasteiger partial charge on any atom is -0.548 e. The van der Waals surface area contributed by atoms with E-state index in [0.717, 1.165) is 104 Å². The highest BCUT2D eigenvalue weighted by molar-refractivity contribution is 9.11. The molecule has 4 heterocycles. The smallest absolute Gasteiger partial charge is 0.410 e. The minimum atomic E-state index is -1.27. The quantitative estimate of drug-likeness (QED) is 0.162. The molecule has 0 bridgehead atoms. The first-order chi connectivity index (χ1) is 37.7. The van der Waals surface area contributed by atoms with E-state index in [2.05, 4.69) is 104 Å². The number of carboxylic acid groups (broad SMARTS) is 1. The number of likely N-dealkylation sites (tertiary alicyclic amines) is 2. The largest absolute Gasteiger partial charge is 0.548 e. The van der Waals surface area contributed by atoms with Crippen molar-refractivity contribution in [2.75, 3.05) is 26.2 Å². The van der Waals surface area contributed by atoms with E-state index < -0.39 is 17.6 Å². The fraction of sp³-hybridized carbons (Fsp3) is 0.484. The number of aryl methyl sites for hydroxylation is 4. The first kappa shape index (κ1) is 61.2. The van der Waals surface area contributed by atoms with E-state index >= 15 is 0 Å². The van der Waals surface area contributed by atoms with Crippen LogP contribution >= 0.6 is 86.9 Å². The van der Waals surface area contributed by atoms with Gasteiger partial charge < -0.3 is 29.8 Å². The van der Waals surface area contributed by atoms with E-state index in [1.807, 2.05) is 57.4 Å². The maximum Gasteiger partial charge on any atom is 0.410 e. The van der Waals surface area contributed by atoms with Crippen molar-refractivity contribution in [1.29, 1.82) is 0 Å². The van der Waals surface area contributed by atoms with E-state index in [9.17, 15) is 24.3 Å². The number of halogens is 6. The summed E-state index contributed by atoms with van der Waals surface area (Å²) in [5.41, 5.74) is 10.9. The Morgan fingerprint density at radius 3 is 1.63 bits per heavy atom. The molecule has 5 aliphatic rings. The number of benzene rings is 3. The third kappa shape index (κ3) is 16.5. The van der Waals surface area contributed by atoms with E-state index in [1.165, 1.54) is 78.1 Å². The standard InChI is InChI=1S/C31H38Br2ClN3O3.C20H20Br2ClN.C11H13NO3/c1-31(2,3)40-30(39)37-10-6-19(7-11-37)14-26(38)36-12-8-20(9-13-36)28-27-21(16-24(34)17-25(27)33)4-5-22-15-23(32)18-35-29(22)28;21-15-8-14-7-6-13-9-16(23)10-17(22)18(13)19(20(14)24-11-15)12-4-2-1-3-5-12;1-8(13)12-10(11(14)15)7-9-5-3-2-4-6-9/h15-20,28H,4-14H2,1-3H3;8-12,19H,1-7H2;2-6,10H,7H2,1H3,(H,12,13)(H,14,15)/p-1/t28-;19-;/m11./s1. The number of carbonyl (C=O) groups is 4. The number of hydrogen-bond donors (Lipinski definition) is 1. The summed E-state index contributed by atoms with van der Waals surface area (Å²) in [5, 5.41) is 14.6. The monoisotopic (exact) mass is 1370 g/mol. The lowest BCUT2D eigenvalue weighted by Gasteiger charge is -2.38. The molecule has 3 amide bonds. The van der Waals surface area contributed by atoms with Crippen LogP contribution in [0.4, 0.5) is 4.79 Å². The molecule has 17 heteroatoms. The number of amides is 3. The van der Waals surface area contributed by atoms with Gasteiger partial charge in [0, 0.05) is 91.7 Å². The van der Waals surface area contributed by atoms with Crippen molar-refractivity contribution in [2.45, 2.75) is 147 Å². The molecule has 1 saturated carbocycles. The van der Waals surface area contributed by atoms with Crippen molar-refractivity contribution in [3.05, 3.63) is 157 Å². The fourth-order valence-corrected chi connectivity index (χ4v) is 15.3. The zero-order chi connectivity index (χ0) is 56.5. The zero-order valence-corrected chi connectivity index (χ0v) is 53.3. The maximum absolute atomic E-state index is 13.3. The van der Waals surface area contributed by atoms with Crippen LogP contribution in [0, 0.1) is 17.8 Å². The molecule has 2 aromatic heterocycles. The van der Waals surface area contributed by atoms with E-state index in [1.54, 1.807) is 17.0 Å². The molecule has 79 heavy (non-hydrogen) atoms. The van der Waals surface area contributed by atoms with Gasteiger partial charge in [-0.25, -0.2) is 4.79 Å². The predicted octanol–water partition coefficient (Wildman–Crippen LogP) is 14.3. The van der Waals surface area contributed by atoms with Crippen molar-refractivity contribution < 1.29 is 29.0 Å². The summed E-state index contributed by atoms with van der Waals surface area (Å²) in [4.78, 5) is 60.8. The topological polar surface area (TPSA) is 145 Å². The Balaban J connectivity index is 0.000000177. The number of rotatable bonds is 8. The fourth-order valence-electron chi connectivity index (χ4n) is 12.3. The number of piperidine rings is 2. The Bertz CT molecular complexity index is 2980. The van der Waals surface area contributed by atoms with Crippen molar-refractivity contribution in [1.82, 2.24) is 25.1 Å². The predicted molar refractivity (Wildman–Crippen MR) is 324 cm³/mol. The van der Waals surface area contributed by atoms with E-state index in [0.29, 0.717) is 43.2 Å². The van der Waals surface area contributed by atoms with Gasteiger partial charge in [-0.3, -0.25) is 19.6 Å². The van der Waals surface area contributed by atoms with Crippen LogP contribution in [0.3, 0.4) is 0 Å². The van der Waals surface area contributed by atoms with Crippen LogP contribution in [0.2, 0.25) is 10.0 Å². The molecular formula is C62H70Br4Cl2N5O6-. The second kappa shape index (κ2) is 27.9. The molecule has 3 atom stereocenters. The van der Waals surface area contributed by atoms with Gasteiger partial charge in [0.2, 0.25) is 11.8 Å². The van der Waals surface area contributed by atoms with Crippen LogP contribution in [0.5, 0.6) is 0 Å². The summed E-state index contributed by atoms with van der Waals surface area (Å²) in [7, 11) is 0. The third-order valence-electron chi connectivity index (χ3n) is 16.0. The summed E-state index contributed by atoms with van der Waals surface area (Å²) in [6.07, 6.45) is 18.6. The number of aromatic nitrogens is 2. The van der Waals surface area contributed by atoms with Crippen LogP contribution in [-0.2, 0) is 51.2 Å². The summed E-state index contributed by atoms with van der Waals surface area (Å²) in [6.45, 7) is 9.77. The van der Waals surface area contributed by atoms with Crippen LogP contribution in [-0.4, -0.2) is 81.5 Å². The summed E-state index contributed by atoms with van der Waals surface area (Å²) in [6, 6.07) is 20.9. The lowest BCUT2D eigenvalue weighted by molar-refractivity contribution is -0.308. The third-order valence-corrected chi connectivity index (χ3v) is 18.6. The number of pyridine rings is 2. The van der Waals surface area contributed by atoms with Gasteiger partial charge in [0.25, 0.3) is 0 Å². The number of carbonyl (C=O) groups excluding carboxylic acids is 4. The van der Waals surface area contributed by atoms with Gasteiger partial charge in [-0.2, -0.15) is 0 Å². The molecule has 10 rings (SSSR count). The Kier molecular flexibility index (Phi) is 21.7. The van der Waals surface area contributed by atoms with Crippen LogP contribution in [0.1, 0.15) is 154 Å². The van der Waals surface area contributed by atoms with Crippen molar-refractivity contribution in [2.24, 2.45) is 17.8 Å². The molecule has 3 aromatic carbocycles. The van der Waals surface area contributed by atoms with Crippen LogP contribution in [0.25, 0.3) is 0 Å². The number of ether oxygens (including phenoxy) is 1. The molecule has 1 N–H and O–H groups in total. The lowest BCUT2D eigenvalue weighted by atomic mass is 9.74. The van der Waals surface area contributed by atoms with E-state index in [-0.39, 0.29) is 30.2 Å². The number of carboxylic acids is 1. The lowest BCUT2D eigenvalue weighted by Crippen LogP contribution is -2.48. The molecule has 2 aliphatic heterocycles. The Morgan fingerprint density at radius 1 is 0.671 bits per heavy atom. The second-order valence-electron chi connectivity index (χ2n) is 22.8. The van der Waals surface area contributed by atoms with Crippen LogP contribution < -0.4 is 10.4 Å². The van der Waals surface area contributed by atoms with Crippen LogP contribution in [0.15, 0.2) is 97.0 Å².